The van der Waals surface area contributed by atoms with E-state index in [1.165, 1.54) is 28.9 Å². The van der Waals surface area contributed by atoms with E-state index in [4.69, 9.17) is 0 Å². The second-order valence-corrected chi connectivity index (χ2v) is 8.31. The molecule has 0 unspecified atom stereocenters. The minimum atomic E-state index is -4.59. The maximum absolute atomic E-state index is 13.3. The summed E-state index contributed by atoms with van der Waals surface area (Å²) in [5.74, 6) is 0. The van der Waals surface area contributed by atoms with Crippen LogP contribution in [0, 0.1) is 13.8 Å². The van der Waals surface area contributed by atoms with E-state index in [0.717, 1.165) is 23.4 Å². The summed E-state index contributed by atoms with van der Waals surface area (Å²) < 4.78 is 66.0. The molecule has 3 rings (SSSR count). The molecule has 5 nitrogen and oxygen atoms in total. The van der Waals surface area contributed by atoms with Crippen LogP contribution in [-0.2, 0) is 16.2 Å². The highest BCUT2D eigenvalue weighted by Gasteiger charge is 2.35. The van der Waals surface area contributed by atoms with Gasteiger partial charge in [-0.05, 0) is 49.7 Å². The van der Waals surface area contributed by atoms with Gasteiger partial charge >= 0.3 is 6.18 Å². The van der Waals surface area contributed by atoms with Gasteiger partial charge in [0.1, 0.15) is 0 Å². The van der Waals surface area contributed by atoms with Crippen molar-refractivity contribution in [2.75, 3.05) is 11.0 Å². The summed E-state index contributed by atoms with van der Waals surface area (Å²) in [6.45, 7) is 3.73. The number of hydrogen-bond acceptors (Lipinski definition) is 3. The highest BCUT2D eigenvalue weighted by atomic mass is 32.2. The summed E-state index contributed by atoms with van der Waals surface area (Å²) >= 11 is 0. The zero-order valence-electron chi connectivity index (χ0n) is 15.4. The van der Waals surface area contributed by atoms with Crippen molar-refractivity contribution in [2.45, 2.75) is 20.0 Å². The first-order valence-electron chi connectivity index (χ1n) is 8.27. The number of aromatic nitrogens is 2. The number of nitrogens with one attached hydrogen (secondary N) is 1. The van der Waals surface area contributed by atoms with E-state index in [1.54, 1.807) is 6.07 Å². The molecule has 0 atom stereocenters. The highest BCUT2D eigenvalue weighted by Crippen LogP contribution is 2.34. The van der Waals surface area contributed by atoms with Gasteiger partial charge in [-0.25, -0.2) is 13.1 Å². The Kier molecular flexibility index (Phi) is 4.97. The van der Waals surface area contributed by atoms with Crippen LogP contribution < -0.4 is 4.72 Å². The molecule has 0 amide bonds. The highest BCUT2D eigenvalue weighted by molar-refractivity contribution is 7.92. The van der Waals surface area contributed by atoms with E-state index >= 15 is 0 Å². The van der Waals surface area contributed by atoms with Crippen molar-refractivity contribution in [1.82, 2.24) is 9.78 Å². The Morgan fingerprint density at radius 3 is 2.18 bits per heavy atom. The molecule has 0 fully saturated rings. The Morgan fingerprint density at radius 2 is 1.64 bits per heavy atom. The van der Waals surface area contributed by atoms with Crippen LogP contribution in [0.4, 0.5) is 18.9 Å². The molecular weight excluding hydrogens is 391 g/mol. The van der Waals surface area contributed by atoms with Gasteiger partial charge in [-0.15, -0.1) is 0 Å². The van der Waals surface area contributed by atoms with Gasteiger partial charge in [0.15, 0.2) is 5.69 Å². The summed E-state index contributed by atoms with van der Waals surface area (Å²) in [5.41, 5.74) is 2.44. The van der Waals surface area contributed by atoms with Gasteiger partial charge in [0, 0.05) is 11.3 Å². The topological polar surface area (TPSA) is 64.0 Å². The summed E-state index contributed by atoms with van der Waals surface area (Å²) in [6.07, 6.45) is -3.57. The van der Waals surface area contributed by atoms with Crippen LogP contribution >= 0.6 is 0 Å². The summed E-state index contributed by atoms with van der Waals surface area (Å²) in [4.78, 5) is 0. The van der Waals surface area contributed by atoms with Gasteiger partial charge in [0.25, 0.3) is 0 Å². The molecule has 0 saturated carbocycles. The molecule has 1 N–H and O–H groups in total. The average Bonchev–Trinajstić information content (AvgIpc) is 2.99. The maximum atomic E-state index is 13.3. The fourth-order valence-corrected chi connectivity index (χ4v) is 3.46. The second kappa shape index (κ2) is 6.97. The molecule has 1 heterocycles. The molecule has 0 aliphatic rings. The number of rotatable bonds is 4. The monoisotopic (exact) mass is 409 g/mol. The number of benzene rings is 2. The first kappa shape index (κ1) is 19.9. The van der Waals surface area contributed by atoms with Crippen molar-refractivity contribution in [3.05, 3.63) is 65.4 Å². The average molecular weight is 409 g/mol. The van der Waals surface area contributed by atoms with Crippen molar-refractivity contribution in [3.63, 3.8) is 0 Å². The number of alkyl halides is 3. The van der Waals surface area contributed by atoms with E-state index in [0.29, 0.717) is 22.6 Å². The minimum Gasteiger partial charge on any atom is -0.284 e. The SMILES string of the molecule is Cc1ccc(-c2cc(C(F)(F)F)nn2-c2ccc(NS(C)(=O)=O)cc2)c(C)c1. The van der Waals surface area contributed by atoms with Gasteiger partial charge in [-0.3, -0.25) is 4.72 Å². The molecule has 28 heavy (non-hydrogen) atoms. The Hall–Kier alpha value is -2.81. The van der Waals surface area contributed by atoms with Crippen LogP contribution in [0.3, 0.4) is 0 Å². The number of aryl methyl sites for hydroxylation is 2. The number of halogens is 3. The maximum Gasteiger partial charge on any atom is 0.435 e. The van der Waals surface area contributed by atoms with Crippen molar-refractivity contribution in [3.8, 4) is 16.9 Å². The van der Waals surface area contributed by atoms with Gasteiger partial charge in [0.2, 0.25) is 10.0 Å². The first-order chi connectivity index (χ1) is 12.9. The third kappa shape index (κ3) is 4.36. The van der Waals surface area contributed by atoms with E-state index in [1.807, 2.05) is 26.0 Å². The predicted molar refractivity (Wildman–Crippen MR) is 102 cm³/mol. The van der Waals surface area contributed by atoms with E-state index in [9.17, 15) is 21.6 Å². The summed E-state index contributed by atoms with van der Waals surface area (Å²) in [6, 6.07) is 12.4. The smallest absolute Gasteiger partial charge is 0.284 e. The van der Waals surface area contributed by atoms with Crippen LogP contribution in [0.2, 0.25) is 0 Å². The van der Waals surface area contributed by atoms with Crippen LogP contribution in [0.15, 0.2) is 48.5 Å². The molecule has 0 radical (unpaired) electrons. The Labute approximate surface area is 160 Å². The van der Waals surface area contributed by atoms with Crippen molar-refractivity contribution in [1.29, 1.82) is 0 Å². The molecule has 0 aliphatic carbocycles. The normalized spacial score (nSPS) is 12.2. The number of anilines is 1. The fraction of sp³-hybridized carbons (Fsp3) is 0.211. The zero-order valence-corrected chi connectivity index (χ0v) is 16.2. The Balaban J connectivity index is 2.13. The third-order valence-corrected chi connectivity index (χ3v) is 4.68. The van der Waals surface area contributed by atoms with E-state index in [2.05, 4.69) is 9.82 Å². The minimum absolute atomic E-state index is 0.300. The lowest BCUT2D eigenvalue weighted by Gasteiger charge is -2.11. The van der Waals surface area contributed by atoms with E-state index in [-0.39, 0.29) is 0 Å². The summed E-state index contributed by atoms with van der Waals surface area (Å²) in [7, 11) is -3.45. The second-order valence-electron chi connectivity index (χ2n) is 6.56. The molecular formula is C19H18F3N3O2S. The Bertz CT molecular complexity index is 1120. The largest absolute Gasteiger partial charge is 0.435 e. The van der Waals surface area contributed by atoms with Crippen LogP contribution in [-0.4, -0.2) is 24.5 Å². The van der Waals surface area contributed by atoms with Crippen molar-refractivity contribution >= 4 is 15.7 Å². The molecule has 9 heteroatoms. The molecule has 0 spiro atoms. The van der Waals surface area contributed by atoms with Crippen LogP contribution in [0.5, 0.6) is 0 Å². The molecule has 3 aromatic rings. The summed E-state index contributed by atoms with van der Waals surface area (Å²) in [5, 5.41) is 3.75. The van der Waals surface area contributed by atoms with Gasteiger partial charge in [0.05, 0.1) is 17.6 Å². The van der Waals surface area contributed by atoms with Gasteiger partial charge in [-0.1, -0.05) is 23.8 Å². The molecule has 0 aliphatic heterocycles. The third-order valence-electron chi connectivity index (χ3n) is 4.07. The number of nitrogens with zero attached hydrogens (tertiary/aromatic N) is 2. The lowest BCUT2D eigenvalue weighted by Crippen LogP contribution is -2.10. The standard InChI is InChI=1S/C19H18F3N3O2S/c1-12-4-9-16(13(2)10-12)17-11-18(19(20,21)22)23-25(17)15-7-5-14(6-8-15)24-28(3,26)27/h4-11,24H,1-3H3. The van der Waals surface area contributed by atoms with Crippen LogP contribution in [0.1, 0.15) is 16.8 Å². The van der Waals surface area contributed by atoms with Crippen molar-refractivity contribution < 1.29 is 21.6 Å². The lowest BCUT2D eigenvalue weighted by atomic mass is 10.0. The molecule has 2 aromatic carbocycles. The zero-order chi connectivity index (χ0) is 20.7. The van der Waals surface area contributed by atoms with Crippen LogP contribution in [0.25, 0.3) is 16.9 Å². The first-order valence-corrected chi connectivity index (χ1v) is 10.2. The van der Waals surface area contributed by atoms with Crippen molar-refractivity contribution in [2.24, 2.45) is 0 Å². The van der Waals surface area contributed by atoms with Gasteiger partial charge in [-0.2, -0.15) is 18.3 Å². The fourth-order valence-electron chi connectivity index (χ4n) is 2.89. The number of sulfonamides is 1. The Morgan fingerprint density at radius 1 is 1.00 bits per heavy atom. The molecule has 148 valence electrons. The van der Waals surface area contributed by atoms with Gasteiger partial charge < -0.3 is 0 Å². The molecule has 0 saturated heterocycles. The lowest BCUT2D eigenvalue weighted by molar-refractivity contribution is -0.141. The number of hydrogen-bond donors (Lipinski definition) is 1. The quantitative estimate of drug-likeness (QED) is 0.688. The molecule has 1 aromatic heterocycles. The predicted octanol–water partition coefficient (Wildman–Crippen LogP) is 4.55. The van der Waals surface area contributed by atoms with E-state index < -0.39 is 21.9 Å². The molecule has 0 bridgehead atoms.